The van der Waals surface area contributed by atoms with Crippen molar-refractivity contribution in [1.29, 1.82) is 0 Å². The molecule has 4 rings (SSSR count). The fraction of sp³-hybridized carbons (Fsp3) is 0.348. The van der Waals surface area contributed by atoms with Crippen LogP contribution in [0.15, 0.2) is 30.3 Å². The predicted molar refractivity (Wildman–Crippen MR) is 112 cm³/mol. The summed E-state index contributed by atoms with van der Waals surface area (Å²) in [6, 6.07) is 10.5. The summed E-state index contributed by atoms with van der Waals surface area (Å²) in [6.45, 7) is 8.50. The summed E-state index contributed by atoms with van der Waals surface area (Å²) in [5, 5.41) is 20.3. The van der Waals surface area contributed by atoms with E-state index in [4.69, 9.17) is 0 Å². The second kappa shape index (κ2) is 6.99. The SMILES string of the molecule is Cc1ccc(-c2c(CC(=O)O)c(C)c3c4c2cc(C)n4CCN3CCO)cc1. The van der Waals surface area contributed by atoms with Gasteiger partial charge < -0.3 is 19.7 Å². The maximum absolute atomic E-state index is 11.7. The van der Waals surface area contributed by atoms with Crippen LogP contribution in [0.5, 0.6) is 0 Å². The fourth-order valence-electron chi connectivity index (χ4n) is 4.57. The molecule has 0 radical (unpaired) electrons. The Hall–Kier alpha value is -2.79. The highest BCUT2D eigenvalue weighted by Crippen LogP contribution is 2.44. The summed E-state index contributed by atoms with van der Waals surface area (Å²) in [5.74, 6) is -0.830. The maximum atomic E-state index is 11.7. The molecule has 0 aliphatic carbocycles. The molecule has 0 amide bonds. The van der Waals surface area contributed by atoms with E-state index in [0.717, 1.165) is 51.9 Å². The summed E-state index contributed by atoms with van der Waals surface area (Å²) < 4.78 is 2.33. The largest absolute Gasteiger partial charge is 0.481 e. The van der Waals surface area contributed by atoms with Gasteiger partial charge in [-0.3, -0.25) is 4.79 Å². The standard InChI is InChI=1S/C23H26N2O3/c1-14-4-6-17(7-5-14)21-18(13-20(27)28)16(3)22-23-19(21)12-15(2)25(23)9-8-24(22)10-11-26/h4-7,12,26H,8-11,13H2,1-3H3,(H,27,28). The molecule has 3 aromatic rings. The lowest BCUT2D eigenvalue weighted by atomic mass is 9.88. The number of carbonyl (C=O) groups is 1. The van der Waals surface area contributed by atoms with Crippen LogP contribution in [0.4, 0.5) is 5.69 Å². The number of carboxylic acids is 1. The van der Waals surface area contributed by atoms with Crippen molar-refractivity contribution < 1.29 is 15.0 Å². The normalized spacial score (nSPS) is 13.4. The van der Waals surface area contributed by atoms with Crippen LogP contribution < -0.4 is 4.90 Å². The highest BCUT2D eigenvalue weighted by molar-refractivity contribution is 6.07. The molecular formula is C23H26N2O3. The zero-order chi connectivity index (χ0) is 20.0. The van der Waals surface area contributed by atoms with Crippen molar-refractivity contribution in [1.82, 2.24) is 4.57 Å². The van der Waals surface area contributed by atoms with E-state index in [1.54, 1.807) is 0 Å². The summed E-state index contributed by atoms with van der Waals surface area (Å²) in [6.07, 6.45) is -0.0187. The zero-order valence-corrected chi connectivity index (χ0v) is 16.6. The third kappa shape index (κ3) is 2.87. The van der Waals surface area contributed by atoms with Gasteiger partial charge in [-0.1, -0.05) is 29.8 Å². The molecule has 2 heterocycles. The van der Waals surface area contributed by atoms with Crippen molar-refractivity contribution in [3.05, 3.63) is 52.7 Å². The Kier molecular flexibility index (Phi) is 4.63. The van der Waals surface area contributed by atoms with Crippen molar-refractivity contribution in [2.75, 3.05) is 24.6 Å². The quantitative estimate of drug-likeness (QED) is 0.711. The molecule has 5 heteroatoms. The van der Waals surface area contributed by atoms with E-state index in [9.17, 15) is 15.0 Å². The van der Waals surface area contributed by atoms with Crippen molar-refractivity contribution in [3.63, 3.8) is 0 Å². The number of aliphatic hydroxyl groups is 1. The highest BCUT2D eigenvalue weighted by atomic mass is 16.4. The monoisotopic (exact) mass is 378 g/mol. The Morgan fingerprint density at radius 3 is 2.46 bits per heavy atom. The number of benzene rings is 2. The van der Waals surface area contributed by atoms with Crippen LogP contribution in [0.1, 0.15) is 22.4 Å². The van der Waals surface area contributed by atoms with E-state index >= 15 is 0 Å². The van der Waals surface area contributed by atoms with Crippen LogP contribution in [0.25, 0.3) is 22.0 Å². The first-order chi connectivity index (χ1) is 13.4. The number of carboxylic acid groups (broad SMARTS) is 1. The number of hydrogen-bond acceptors (Lipinski definition) is 3. The molecule has 1 aromatic heterocycles. The molecule has 0 spiro atoms. The summed E-state index contributed by atoms with van der Waals surface area (Å²) in [7, 11) is 0. The highest BCUT2D eigenvalue weighted by Gasteiger charge is 2.28. The molecule has 0 saturated heterocycles. The van der Waals surface area contributed by atoms with Crippen LogP contribution in [-0.2, 0) is 17.8 Å². The van der Waals surface area contributed by atoms with Gasteiger partial charge in [0.2, 0.25) is 0 Å². The minimum absolute atomic E-state index is 0.0187. The number of aliphatic hydroxyl groups excluding tert-OH is 1. The van der Waals surface area contributed by atoms with E-state index in [-0.39, 0.29) is 13.0 Å². The van der Waals surface area contributed by atoms with E-state index in [1.165, 1.54) is 11.3 Å². The van der Waals surface area contributed by atoms with Crippen LogP contribution in [0, 0.1) is 20.8 Å². The average Bonchev–Trinajstić information content (AvgIpc) is 2.98. The zero-order valence-electron chi connectivity index (χ0n) is 16.6. The molecule has 2 aromatic carbocycles. The number of aliphatic carboxylic acids is 1. The van der Waals surface area contributed by atoms with Gasteiger partial charge in [-0.15, -0.1) is 0 Å². The Morgan fingerprint density at radius 1 is 1.11 bits per heavy atom. The average molecular weight is 378 g/mol. The molecule has 1 aliphatic rings. The van der Waals surface area contributed by atoms with Gasteiger partial charge in [-0.25, -0.2) is 0 Å². The van der Waals surface area contributed by atoms with Crippen molar-refractivity contribution in [2.45, 2.75) is 33.7 Å². The van der Waals surface area contributed by atoms with Crippen LogP contribution >= 0.6 is 0 Å². The lowest BCUT2D eigenvalue weighted by Crippen LogP contribution is -2.35. The molecule has 1 aliphatic heterocycles. The summed E-state index contributed by atoms with van der Waals surface area (Å²) in [4.78, 5) is 13.9. The molecular weight excluding hydrogens is 352 g/mol. The Labute approximate surface area is 164 Å². The minimum atomic E-state index is -0.830. The molecule has 5 nitrogen and oxygen atoms in total. The van der Waals surface area contributed by atoms with Gasteiger partial charge >= 0.3 is 5.97 Å². The number of aromatic nitrogens is 1. The number of nitrogens with zero attached hydrogens (tertiary/aromatic N) is 2. The maximum Gasteiger partial charge on any atom is 0.307 e. The van der Waals surface area contributed by atoms with Gasteiger partial charge in [0, 0.05) is 30.7 Å². The minimum Gasteiger partial charge on any atom is -0.481 e. The van der Waals surface area contributed by atoms with Crippen LogP contribution in [0.2, 0.25) is 0 Å². The molecule has 0 unspecified atom stereocenters. The van der Waals surface area contributed by atoms with E-state index in [1.807, 2.05) is 6.92 Å². The van der Waals surface area contributed by atoms with Crippen molar-refractivity contribution in [2.24, 2.45) is 0 Å². The molecule has 0 fully saturated rings. The Balaban J connectivity index is 2.11. The first kappa shape index (κ1) is 18.6. The Morgan fingerprint density at radius 2 is 1.82 bits per heavy atom. The van der Waals surface area contributed by atoms with Crippen molar-refractivity contribution in [3.8, 4) is 11.1 Å². The topological polar surface area (TPSA) is 65.7 Å². The van der Waals surface area contributed by atoms with Gasteiger partial charge in [0.25, 0.3) is 0 Å². The number of hydrogen-bond donors (Lipinski definition) is 2. The van der Waals surface area contributed by atoms with Gasteiger partial charge in [-0.2, -0.15) is 0 Å². The second-order valence-electron chi connectivity index (χ2n) is 7.67. The third-order valence-electron chi connectivity index (χ3n) is 5.86. The van der Waals surface area contributed by atoms with E-state index in [2.05, 4.69) is 53.6 Å². The molecule has 146 valence electrons. The molecule has 0 saturated carbocycles. The van der Waals surface area contributed by atoms with Crippen LogP contribution in [0.3, 0.4) is 0 Å². The molecule has 0 atom stereocenters. The van der Waals surface area contributed by atoms with E-state index in [0.29, 0.717) is 6.54 Å². The molecule has 0 bridgehead atoms. The summed E-state index contributed by atoms with van der Waals surface area (Å²) >= 11 is 0. The van der Waals surface area contributed by atoms with Crippen molar-refractivity contribution >= 4 is 22.6 Å². The Bertz CT molecular complexity index is 1060. The lowest BCUT2D eigenvalue weighted by Gasteiger charge is -2.34. The number of aryl methyl sites for hydroxylation is 2. The molecule has 28 heavy (non-hydrogen) atoms. The first-order valence-corrected chi connectivity index (χ1v) is 9.72. The van der Waals surface area contributed by atoms with Crippen LogP contribution in [-0.4, -0.2) is 40.4 Å². The number of anilines is 1. The fourth-order valence-corrected chi connectivity index (χ4v) is 4.57. The van der Waals surface area contributed by atoms with E-state index < -0.39 is 5.97 Å². The lowest BCUT2D eigenvalue weighted by molar-refractivity contribution is -0.136. The van der Waals surface area contributed by atoms with Gasteiger partial charge in [-0.05, 0) is 49.1 Å². The van der Waals surface area contributed by atoms with Gasteiger partial charge in [0.1, 0.15) is 0 Å². The van der Waals surface area contributed by atoms with Gasteiger partial charge in [0.15, 0.2) is 0 Å². The number of β-amino-alcohol motifs (C(OH)–C–C–N with tert-alkyl or cyclic N) is 1. The smallest absolute Gasteiger partial charge is 0.307 e. The summed E-state index contributed by atoms with van der Waals surface area (Å²) in [5.41, 5.74) is 8.50. The second-order valence-corrected chi connectivity index (χ2v) is 7.67. The predicted octanol–water partition coefficient (Wildman–Crippen LogP) is 3.67. The number of rotatable bonds is 5. The van der Waals surface area contributed by atoms with Gasteiger partial charge in [0.05, 0.1) is 24.2 Å². The molecule has 2 N–H and O–H groups in total. The first-order valence-electron chi connectivity index (χ1n) is 9.72. The third-order valence-corrected chi connectivity index (χ3v) is 5.86.